The predicted octanol–water partition coefficient (Wildman–Crippen LogP) is 2.97. The normalized spacial score (nSPS) is 10.5. The molecule has 0 aliphatic carbocycles. The van der Waals surface area contributed by atoms with Gasteiger partial charge in [-0.25, -0.2) is 0 Å². The summed E-state index contributed by atoms with van der Waals surface area (Å²) in [4.78, 5) is -0.0116. The number of hydrogen-bond donors (Lipinski definition) is 1. The van der Waals surface area contributed by atoms with Crippen LogP contribution >= 0.6 is 0 Å². The second-order valence-electron chi connectivity index (χ2n) is 3.38. The minimum Gasteiger partial charge on any atom is -0.282 e. The van der Waals surface area contributed by atoms with Crippen molar-refractivity contribution in [3.8, 4) is 0 Å². The molecule has 0 spiro atoms. The van der Waals surface area contributed by atoms with Crippen molar-refractivity contribution in [1.82, 2.24) is 0 Å². The second-order valence-corrected chi connectivity index (χ2v) is 4.77. The first-order valence-corrected chi connectivity index (χ1v) is 6.32. The summed E-state index contributed by atoms with van der Waals surface area (Å²) in [5.74, 6) is 0. The van der Waals surface area contributed by atoms with E-state index in [0.29, 0.717) is 5.56 Å². The Bertz CT molecular complexity index is 408. The smallest absolute Gasteiger partial charge is 0.282 e. The topological polar surface area (TPSA) is 54.4 Å². The quantitative estimate of drug-likeness (QED) is 0.755. The van der Waals surface area contributed by atoms with Crippen LogP contribution in [0.4, 0.5) is 0 Å². The first-order valence-electron chi connectivity index (χ1n) is 4.88. The molecule has 1 aromatic carbocycles. The van der Waals surface area contributed by atoms with E-state index in [9.17, 15) is 8.42 Å². The Labute approximate surface area is 91.9 Å². The molecule has 0 aromatic heterocycles. The summed E-state index contributed by atoms with van der Waals surface area (Å²) in [5, 5.41) is 0. The van der Waals surface area contributed by atoms with Crippen molar-refractivity contribution in [1.29, 1.82) is 0 Å². The van der Waals surface area contributed by atoms with E-state index >= 15 is 0 Å². The van der Waals surface area contributed by atoms with Gasteiger partial charge in [0, 0.05) is 0 Å². The van der Waals surface area contributed by atoms with E-state index in [1.54, 1.807) is 26.0 Å². The molecule has 0 saturated heterocycles. The predicted molar refractivity (Wildman–Crippen MR) is 61.7 cm³/mol. The largest absolute Gasteiger partial charge is 0.294 e. The fourth-order valence-corrected chi connectivity index (χ4v) is 1.80. The van der Waals surface area contributed by atoms with E-state index in [-0.39, 0.29) is 4.90 Å². The molecule has 0 heterocycles. The molecule has 0 radical (unpaired) electrons. The van der Waals surface area contributed by atoms with E-state index in [1.165, 1.54) is 12.5 Å². The van der Waals surface area contributed by atoms with E-state index in [1.807, 2.05) is 0 Å². The lowest BCUT2D eigenvalue weighted by atomic mass is 10.1. The van der Waals surface area contributed by atoms with Gasteiger partial charge in [-0.15, -0.1) is 0 Å². The average molecular weight is 230 g/mol. The molecule has 1 rings (SSSR count). The molecule has 0 saturated carbocycles. The highest BCUT2D eigenvalue weighted by molar-refractivity contribution is 7.85. The van der Waals surface area contributed by atoms with Crippen LogP contribution < -0.4 is 0 Å². The summed E-state index contributed by atoms with van der Waals surface area (Å²) >= 11 is 0. The maximum absolute atomic E-state index is 10.8. The lowest BCUT2D eigenvalue weighted by Gasteiger charge is -2.03. The lowest BCUT2D eigenvalue weighted by molar-refractivity contribution is 0.482. The lowest BCUT2D eigenvalue weighted by Crippen LogP contribution is -2.01. The summed E-state index contributed by atoms with van der Waals surface area (Å²) in [5.41, 5.74) is 1.45. The molecule has 15 heavy (non-hydrogen) atoms. The van der Waals surface area contributed by atoms with Crippen molar-refractivity contribution in [3.63, 3.8) is 0 Å². The van der Waals surface area contributed by atoms with Gasteiger partial charge in [-0.2, -0.15) is 8.42 Å². The first-order chi connectivity index (χ1) is 6.84. The monoisotopic (exact) mass is 230 g/mol. The van der Waals surface area contributed by atoms with Crippen LogP contribution in [0.1, 0.15) is 31.4 Å². The van der Waals surface area contributed by atoms with Crippen LogP contribution in [0.2, 0.25) is 0 Å². The van der Waals surface area contributed by atoms with Gasteiger partial charge >= 0.3 is 0 Å². The van der Waals surface area contributed by atoms with Gasteiger partial charge in [-0.1, -0.05) is 32.4 Å². The molecule has 1 aromatic rings. The van der Waals surface area contributed by atoms with E-state index in [2.05, 4.69) is 13.8 Å². The molecule has 0 bridgehead atoms. The van der Waals surface area contributed by atoms with Crippen LogP contribution in [0.5, 0.6) is 0 Å². The Hall–Kier alpha value is -0.870. The fraction of sp³-hybridized carbons (Fsp3) is 0.455. The van der Waals surface area contributed by atoms with Gasteiger partial charge in [0.1, 0.15) is 0 Å². The molecule has 0 amide bonds. The summed E-state index contributed by atoms with van der Waals surface area (Å²) in [6.45, 7) is 7.71. The first kappa shape index (κ1) is 14.1. The van der Waals surface area contributed by atoms with Crippen LogP contribution in [0.15, 0.2) is 23.1 Å². The van der Waals surface area contributed by atoms with Gasteiger partial charge in [0.2, 0.25) is 0 Å². The average Bonchev–Trinajstić information content (AvgIpc) is 2.09. The Morgan fingerprint density at radius 3 is 2.00 bits per heavy atom. The van der Waals surface area contributed by atoms with Crippen molar-refractivity contribution in [3.05, 3.63) is 29.3 Å². The van der Waals surface area contributed by atoms with Crippen molar-refractivity contribution < 1.29 is 13.0 Å². The van der Waals surface area contributed by atoms with Gasteiger partial charge in [0.05, 0.1) is 4.90 Å². The minimum atomic E-state index is -4.06. The number of benzene rings is 1. The second kappa shape index (κ2) is 5.88. The molecule has 86 valence electrons. The molecule has 1 N–H and O–H groups in total. The highest BCUT2D eigenvalue weighted by Gasteiger charge is 2.12. The van der Waals surface area contributed by atoms with Crippen molar-refractivity contribution in [2.24, 2.45) is 0 Å². The Morgan fingerprint density at radius 2 is 1.67 bits per heavy atom. The van der Waals surface area contributed by atoms with Crippen molar-refractivity contribution in [2.75, 3.05) is 0 Å². The zero-order valence-corrected chi connectivity index (χ0v) is 10.4. The molecule has 0 aliphatic heterocycles. The third-order valence-electron chi connectivity index (χ3n) is 1.83. The summed E-state index contributed by atoms with van der Waals surface area (Å²) in [6, 6.07) is 4.78. The van der Waals surface area contributed by atoms with E-state index < -0.39 is 10.1 Å². The molecule has 0 unspecified atom stereocenters. The van der Waals surface area contributed by atoms with Gasteiger partial charge in [0.15, 0.2) is 0 Å². The van der Waals surface area contributed by atoms with Crippen LogP contribution in [0.3, 0.4) is 0 Å². The van der Waals surface area contributed by atoms with E-state index in [0.717, 1.165) is 5.56 Å². The van der Waals surface area contributed by atoms with E-state index in [4.69, 9.17) is 4.55 Å². The SMILES string of the molecule is CCC.Cc1cccc(S(=O)(=O)O)c1C. The van der Waals surface area contributed by atoms with Gasteiger partial charge in [0.25, 0.3) is 10.1 Å². The van der Waals surface area contributed by atoms with Crippen LogP contribution in [0.25, 0.3) is 0 Å². The van der Waals surface area contributed by atoms with Crippen LogP contribution in [-0.4, -0.2) is 13.0 Å². The number of aryl methyl sites for hydroxylation is 1. The minimum absolute atomic E-state index is 0.0116. The maximum Gasteiger partial charge on any atom is 0.294 e. The Kier molecular flexibility index (Phi) is 5.54. The highest BCUT2D eigenvalue weighted by Crippen LogP contribution is 2.17. The zero-order valence-electron chi connectivity index (χ0n) is 9.61. The maximum atomic E-state index is 10.8. The van der Waals surface area contributed by atoms with Crippen molar-refractivity contribution in [2.45, 2.75) is 39.0 Å². The Balaban J connectivity index is 0.000000583. The highest BCUT2D eigenvalue weighted by atomic mass is 32.2. The summed E-state index contributed by atoms with van der Waals surface area (Å²) in [7, 11) is -4.06. The zero-order chi connectivity index (χ0) is 12.1. The fourth-order valence-electron chi connectivity index (χ4n) is 1.00. The van der Waals surface area contributed by atoms with Gasteiger partial charge in [-0.3, -0.25) is 4.55 Å². The number of rotatable bonds is 1. The van der Waals surface area contributed by atoms with Crippen LogP contribution in [0, 0.1) is 13.8 Å². The van der Waals surface area contributed by atoms with Crippen molar-refractivity contribution >= 4 is 10.1 Å². The summed E-state index contributed by atoms with van der Waals surface area (Å²) < 4.78 is 30.3. The Morgan fingerprint density at radius 1 is 1.20 bits per heavy atom. The third kappa shape index (κ3) is 4.44. The third-order valence-corrected chi connectivity index (χ3v) is 2.83. The molecular formula is C11H18O3S. The molecule has 3 nitrogen and oxygen atoms in total. The number of hydrogen-bond acceptors (Lipinski definition) is 2. The molecule has 0 fully saturated rings. The molecular weight excluding hydrogens is 212 g/mol. The molecule has 4 heteroatoms. The molecule has 0 atom stereocenters. The summed E-state index contributed by atoms with van der Waals surface area (Å²) in [6.07, 6.45) is 1.25. The van der Waals surface area contributed by atoms with Gasteiger partial charge < -0.3 is 0 Å². The standard InChI is InChI=1S/C8H10O3S.C3H8/c1-6-4-3-5-8(7(6)2)12(9,10)11;1-3-2/h3-5H,1-2H3,(H,9,10,11);3H2,1-2H3. The van der Waals surface area contributed by atoms with Gasteiger partial charge in [-0.05, 0) is 31.0 Å². The van der Waals surface area contributed by atoms with Crippen LogP contribution in [-0.2, 0) is 10.1 Å². The molecule has 0 aliphatic rings.